The summed E-state index contributed by atoms with van der Waals surface area (Å²) in [7, 11) is 0. The van der Waals surface area contributed by atoms with Gasteiger partial charge in [0.1, 0.15) is 18.1 Å². The number of benzene rings is 3. The predicted octanol–water partition coefficient (Wildman–Crippen LogP) is 7.44. The smallest absolute Gasteiger partial charge is 0.352 e. The second-order valence-corrected chi connectivity index (χ2v) is 8.58. The van der Waals surface area contributed by atoms with Crippen LogP contribution in [0.25, 0.3) is 11.1 Å². The molecule has 4 rings (SSSR count). The first kappa shape index (κ1) is 22.3. The van der Waals surface area contributed by atoms with Gasteiger partial charge in [0.2, 0.25) is 0 Å². The maximum atomic E-state index is 11.8. The molecule has 0 bridgehead atoms. The van der Waals surface area contributed by atoms with E-state index in [-0.39, 0.29) is 5.69 Å². The summed E-state index contributed by atoms with van der Waals surface area (Å²) < 4.78 is 7.53. The standard InChI is InChI=1S/C25H18Cl3NO3/c26-20-3-1-2-16(8-20)13-29-14-19(11-24(29)25(30)31)18-4-6-23(7-5-18)32-15-17-9-21(27)12-22(28)10-17/h1-12,14H,13,15H2,(H,30,31). The third kappa shape index (κ3) is 5.46. The van der Waals surface area contributed by atoms with E-state index in [0.29, 0.717) is 34.0 Å². The number of rotatable bonds is 7. The first-order chi connectivity index (χ1) is 15.4. The van der Waals surface area contributed by atoms with Crippen molar-refractivity contribution in [2.24, 2.45) is 0 Å². The predicted molar refractivity (Wildman–Crippen MR) is 128 cm³/mol. The molecule has 0 saturated carbocycles. The lowest BCUT2D eigenvalue weighted by atomic mass is 10.1. The number of carboxylic acids is 1. The lowest BCUT2D eigenvalue weighted by Gasteiger charge is -2.08. The van der Waals surface area contributed by atoms with Crippen molar-refractivity contribution in [3.8, 4) is 16.9 Å². The second-order valence-electron chi connectivity index (χ2n) is 7.27. The molecule has 1 heterocycles. The summed E-state index contributed by atoms with van der Waals surface area (Å²) in [5.74, 6) is -0.305. The van der Waals surface area contributed by atoms with E-state index in [9.17, 15) is 9.90 Å². The molecule has 0 fully saturated rings. The Bertz CT molecular complexity index is 1250. The number of aromatic nitrogens is 1. The van der Waals surface area contributed by atoms with Crippen molar-refractivity contribution in [1.29, 1.82) is 0 Å². The Balaban J connectivity index is 1.51. The van der Waals surface area contributed by atoms with Crippen LogP contribution in [0.2, 0.25) is 15.1 Å². The number of carbonyl (C=O) groups is 1. The second kappa shape index (κ2) is 9.70. The number of hydrogen-bond acceptors (Lipinski definition) is 2. The van der Waals surface area contributed by atoms with E-state index in [1.165, 1.54) is 0 Å². The van der Waals surface area contributed by atoms with Crippen LogP contribution in [0, 0.1) is 0 Å². The number of aromatic carboxylic acids is 1. The highest BCUT2D eigenvalue weighted by Gasteiger charge is 2.14. The average molecular weight is 487 g/mol. The minimum atomic E-state index is -0.988. The van der Waals surface area contributed by atoms with Gasteiger partial charge in [-0.2, -0.15) is 0 Å². The van der Waals surface area contributed by atoms with Gasteiger partial charge in [-0.3, -0.25) is 0 Å². The summed E-state index contributed by atoms with van der Waals surface area (Å²) in [5, 5.41) is 11.4. The molecule has 1 aromatic heterocycles. The molecule has 32 heavy (non-hydrogen) atoms. The third-order valence-corrected chi connectivity index (χ3v) is 5.54. The maximum Gasteiger partial charge on any atom is 0.352 e. The maximum absolute atomic E-state index is 11.8. The lowest BCUT2D eigenvalue weighted by molar-refractivity contribution is 0.0685. The summed E-state index contributed by atoms with van der Waals surface area (Å²) >= 11 is 18.1. The van der Waals surface area contributed by atoms with E-state index >= 15 is 0 Å². The van der Waals surface area contributed by atoms with Crippen LogP contribution >= 0.6 is 34.8 Å². The van der Waals surface area contributed by atoms with Gasteiger partial charge in [-0.25, -0.2) is 4.79 Å². The van der Waals surface area contributed by atoms with Gasteiger partial charge in [0.25, 0.3) is 0 Å². The van der Waals surface area contributed by atoms with E-state index in [2.05, 4.69) is 0 Å². The topological polar surface area (TPSA) is 51.5 Å². The van der Waals surface area contributed by atoms with Crippen LogP contribution in [-0.2, 0) is 13.2 Å². The Labute approximate surface area is 200 Å². The van der Waals surface area contributed by atoms with E-state index < -0.39 is 5.97 Å². The van der Waals surface area contributed by atoms with Gasteiger partial charge in [-0.05, 0) is 65.2 Å². The Morgan fingerprint density at radius 1 is 0.812 bits per heavy atom. The van der Waals surface area contributed by atoms with Gasteiger partial charge in [0, 0.05) is 33.4 Å². The minimum absolute atomic E-state index is 0.207. The molecule has 162 valence electrons. The third-order valence-electron chi connectivity index (χ3n) is 4.87. The minimum Gasteiger partial charge on any atom is -0.489 e. The summed E-state index contributed by atoms with van der Waals surface area (Å²) in [6.45, 7) is 0.740. The molecule has 7 heteroatoms. The van der Waals surface area contributed by atoms with Crippen LogP contribution < -0.4 is 4.74 Å². The summed E-state index contributed by atoms with van der Waals surface area (Å²) in [4.78, 5) is 11.8. The Morgan fingerprint density at radius 2 is 1.50 bits per heavy atom. The number of hydrogen-bond donors (Lipinski definition) is 1. The van der Waals surface area contributed by atoms with Crippen molar-refractivity contribution in [3.63, 3.8) is 0 Å². The monoisotopic (exact) mass is 485 g/mol. The van der Waals surface area contributed by atoms with Crippen LogP contribution in [0.15, 0.2) is 79.0 Å². The highest BCUT2D eigenvalue weighted by Crippen LogP contribution is 2.27. The van der Waals surface area contributed by atoms with Crippen molar-refractivity contribution < 1.29 is 14.6 Å². The molecule has 0 atom stereocenters. The molecular formula is C25H18Cl3NO3. The van der Waals surface area contributed by atoms with Gasteiger partial charge >= 0.3 is 5.97 Å². The van der Waals surface area contributed by atoms with Crippen molar-refractivity contribution >= 4 is 40.8 Å². The molecule has 0 aliphatic carbocycles. The van der Waals surface area contributed by atoms with Crippen molar-refractivity contribution in [2.45, 2.75) is 13.2 Å². The molecule has 0 unspecified atom stereocenters. The highest BCUT2D eigenvalue weighted by molar-refractivity contribution is 6.34. The van der Waals surface area contributed by atoms with E-state index in [1.807, 2.05) is 48.7 Å². The molecule has 0 aliphatic heterocycles. The highest BCUT2D eigenvalue weighted by atomic mass is 35.5. The molecular weight excluding hydrogens is 469 g/mol. The van der Waals surface area contributed by atoms with Gasteiger partial charge < -0.3 is 14.4 Å². The number of nitrogens with zero attached hydrogens (tertiary/aromatic N) is 1. The van der Waals surface area contributed by atoms with E-state index in [4.69, 9.17) is 39.5 Å². The average Bonchev–Trinajstić information content (AvgIpc) is 3.16. The lowest BCUT2D eigenvalue weighted by Crippen LogP contribution is -2.08. The fourth-order valence-corrected chi connectivity index (χ4v) is 4.20. The van der Waals surface area contributed by atoms with Crippen molar-refractivity contribution in [2.75, 3.05) is 0 Å². The zero-order valence-corrected chi connectivity index (χ0v) is 19.0. The Morgan fingerprint density at radius 3 is 2.16 bits per heavy atom. The quantitative estimate of drug-likeness (QED) is 0.295. The van der Waals surface area contributed by atoms with Crippen LogP contribution in [0.4, 0.5) is 0 Å². The molecule has 0 aliphatic rings. The van der Waals surface area contributed by atoms with Crippen LogP contribution in [0.1, 0.15) is 21.6 Å². The van der Waals surface area contributed by atoms with E-state index in [1.54, 1.807) is 34.9 Å². The zero-order valence-electron chi connectivity index (χ0n) is 16.8. The Kier molecular flexibility index (Phi) is 6.75. The normalized spacial score (nSPS) is 10.8. The number of ether oxygens (including phenoxy) is 1. The van der Waals surface area contributed by atoms with Gasteiger partial charge in [0.05, 0.1) is 0 Å². The SMILES string of the molecule is O=C(O)c1cc(-c2ccc(OCc3cc(Cl)cc(Cl)c3)cc2)cn1Cc1cccc(Cl)c1. The summed E-state index contributed by atoms with van der Waals surface area (Å²) in [5.41, 5.74) is 3.69. The van der Waals surface area contributed by atoms with Crippen LogP contribution in [0.3, 0.4) is 0 Å². The number of halogens is 3. The van der Waals surface area contributed by atoms with Crippen LogP contribution in [-0.4, -0.2) is 15.6 Å². The molecule has 4 nitrogen and oxygen atoms in total. The van der Waals surface area contributed by atoms with E-state index in [0.717, 1.165) is 22.3 Å². The molecule has 4 aromatic rings. The van der Waals surface area contributed by atoms with Gasteiger partial charge in [-0.1, -0.05) is 59.1 Å². The molecule has 0 spiro atoms. The van der Waals surface area contributed by atoms with Gasteiger partial charge in [-0.15, -0.1) is 0 Å². The Hall–Kier alpha value is -2.92. The van der Waals surface area contributed by atoms with Gasteiger partial charge in [0.15, 0.2) is 0 Å². The first-order valence-electron chi connectivity index (χ1n) is 9.73. The van der Waals surface area contributed by atoms with Crippen LogP contribution in [0.5, 0.6) is 5.75 Å². The molecule has 0 radical (unpaired) electrons. The molecule has 3 aromatic carbocycles. The summed E-state index contributed by atoms with van der Waals surface area (Å²) in [6, 6.07) is 21.8. The number of carboxylic acid groups (broad SMARTS) is 1. The molecule has 1 N–H and O–H groups in total. The first-order valence-corrected chi connectivity index (χ1v) is 10.9. The zero-order chi connectivity index (χ0) is 22.7. The summed E-state index contributed by atoms with van der Waals surface area (Å²) in [6.07, 6.45) is 1.83. The van der Waals surface area contributed by atoms with Crippen molar-refractivity contribution in [3.05, 3.63) is 111 Å². The molecule has 0 saturated heterocycles. The largest absolute Gasteiger partial charge is 0.489 e. The fraction of sp³-hybridized carbons (Fsp3) is 0.0800. The fourth-order valence-electron chi connectivity index (χ4n) is 3.41. The van der Waals surface area contributed by atoms with Crippen molar-refractivity contribution in [1.82, 2.24) is 4.57 Å². The molecule has 0 amide bonds.